The highest BCUT2D eigenvalue weighted by atomic mass is 32.2. The number of ketones is 2. The molecule has 3 aliphatic carbocycles. The highest BCUT2D eigenvalue weighted by Gasteiger charge is 2.66. The number of phenols is 1. The van der Waals surface area contributed by atoms with Crippen LogP contribution in [0.1, 0.15) is 31.4 Å². The number of carboxylic acid groups (broad SMARTS) is 1. The molecule has 1 aromatic carbocycles. The molecule has 7 atom stereocenters. The smallest absolute Gasteiger partial charge is 0.323 e. The third-order valence-corrected chi connectivity index (χ3v) is 8.32. The van der Waals surface area contributed by atoms with Gasteiger partial charge in [-0.15, -0.1) is 0 Å². The first-order valence-corrected chi connectivity index (χ1v) is 15.6. The van der Waals surface area contributed by atoms with Gasteiger partial charge in [0.1, 0.15) is 28.9 Å². The Morgan fingerprint density at radius 3 is 2.20 bits per heavy atom. The molecule has 10 N–H and O–H groups in total. The Morgan fingerprint density at radius 1 is 1.13 bits per heavy atom. The maximum atomic E-state index is 14.0. The van der Waals surface area contributed by atoms with Crippen molar-refractivity contribution < 1.29 is 67.9 Å². The molecule has 0 aliphatic heterocycles. The molecule has 0 spiro atoms. The number of hydrogen-bond acceptors (Lipinski definition) is 14. The number of phenolic OH excluding ortho intramolecular Hbond substituents is 1. The standard InChI is InChI=1S/C27H33N3O11.CH4O3S/c1-10(31)18(25(38)39)28-9-29-24(37)17-21(34)19(30(3)4)13-8-12-16(22(35)27(13,41)23(17)36)20(33)15-11(26(12,2)40)6-5-7-14(15)32;1-5(2,3)4/h5-7,10,12-13,18-19,28,31-33,36,40-41H,8-9H2,1-4H3,(H,29,37)(H,38,39);1H3,(H,2,3,4). The van der Waals surface area contributed by atoms with Crippen LogP contribution in [-0.2, 0) is 34.9 Å². The number of aliphatic hydroxyl groups is 5. The Morgan fingerprint density at radius 2 is 1.70 bits per heavy atom. The highest BCUT2D eigenvalue weighted by molar-refractivity contribution is 7.85. The monoisotopic (exact) mass is 671 g/mol. The number of aromatic hydroxyl groups is 1. The number of likely N-dealkylation sites (N-methyl/N-ethyl adjacent to an activating group) is 1. The summed E-state index contributed by atoms with van der Waals surface area (Å²) in [6, 6.07) is 1.32. The summed E-state index contributed by atoms with van der Waals surface area (Å²) in [5.41, 5.74) is -6.28. The highest BCUT2D eigenvalue weighted by Crippen LogP contribution is 2.57. The fraction of sp³-hybridized carbons (Fsp3) is 0.500. The Labute approximate surface area is 263 Å². The van der Waals surface area contributed by atoms with Gasteiger partial charge in [0, 0.05) is 17.4 Å². The van der Waals surface area contributed by atoms with Gasteiger partial charge in [-0.3, -0.25) is 33.9 Å². The predicted molar refractivity (Wildman–Crippen MR) is 158 cm³/mol. The molecular weight excluding hydrogens is 634 g/mol. The SMILES string of the molecule is CC(O)C(NCNC(=O)C1=C(O)C2(O)C(=O)C3=C(O)c4c(O)cccc4C(C)(O)C3CC2C(N(C)C)C1=O)C(=O)O.CS(=O)(=O)O. The van der Waals surface area contributed by atoms with Gasteiger partial charge in [-0.25, -0.2) is 0 Å². The molecule has 7 unspecified atom stereocenters. The van der Waals surface area contributed by atoms with E-state index in [1.54, 1.807) is 0 Å². The predicted octanol–water partition coefficient (Wildman–Crippen LogP) is -1.85. The number of amides is 1. The molecule has 1 fully saturated rings. The fourth-order valence-corrected chi connectivity index (χ4v) is 6.28. The lowest BCUT2D eigenvalue weighted by atomic mass is 9.54. The van der Waals surface area contributed by atoms with E-state index in [9.17, 15) is 63.3 Å². The van der Waals surface area contributed by atoms with Crippen LogP contribution in [0.3, 0.4) is 0 Å². The minimum atomic E-state index is -3.67. The zero-order valence-electron chi connectivity index (χ0n) is 25.4. The Bertz CT molecular complexity index is 1620. The average Bonchev–Trinajstić information content (AvgIpc) is 2.90. The summed E-state index contributed by atoms with van der Waals surface area (Å²) in [5, 5.41) is 79.6. The summed E-state index contributed by atoms with van der Waals surface area (Å²) < 4.78 is 25.9. The normalized spacial score (nSPS) is 28.8. The Balaban J connectivity index is 0.00000107. The van der Waals surface area contributed by atoms with Gasteiger partial charge >= 0.3 is 5.97 Å². The summed E-state index contributed by atoms with van der Waals surface area (Å²) in [6.07, 6.45) is -0.917. The first kappa shape index (κ1) is 36.6. The van der Waals surface area contributed by atoms with Crippen LogP contribution >= 0.6 is 0 Å². The van der Waals surface area contributed by atoms with Crippen molar-refractivity contribution >= 4 is 39.3 Å². The largest absolute Gasteiger partial charge is 0.508 e. The third kappa shape index (κ3) is 6.37. The third-order valence-electron chi connectivity index (χ3n) is 8.32. The molecule has 1 saturated carbocycles. The van der Waals surface area contributed by atoms with Crippen LogP contribution in [0.15, 0.2) is 35.1 Å². The lowest BCUT2D eigenvalue weighted by molar-refractivity contribution is -0.159. The van der Waals surface area contributed by atoms with Gasteiger partial charge in [0.15, 0.2) is 11.4 Å². The van der Waals surface area contributed by atoms with E-state index in [0.29, 0.717) is 6.26 Å². The maximum Gasteiger partial charge on any atom is 0.323 e. The number of benzene rings is 1. The van der Waals surface area contributed by atoms with Crippen LogP contribution in [0.2, 0.25) is 0 Å². The molecule has 0 aromatic heterocycles. The van der Waals surface area contributed by atoms with E-state index in [1.165, 1.54) is 51.0 Å². The topological polar surface area (TPSA) is 292 Å². The van der Waals surface area contributed by atoms with Gasteiger partial charge < -0.3 is 41.1 Å². The molecule has 3 aliphatic rings. The van der Waals surface area contributed by atoms with Crippen molar-refractivity contribution in [2.24, 2.45) is 11.8 Å². The number of nitrogens with zero attached hydrogens (tertiary/aromatic N) is 1. The molecule has 254 valence electrons. The quantitative estimate of drug-likeness (QED) is 0.0864. The summed E-state index contributed by atoms with van der Waals surface area (Å²) in [4.78, 5) is 53.4. The molecule has 18 heteroatoms. The zero-order chi connectivity index (χ0) is 35.3. The molecule has 0 heterocycles. The summed E-state index contributed by atoms with van der Waals surface area (Å²) in [6.45, 7) is 2.01. The van der Waals surface area contributed by atoms with E-state index in [0.717, 1.165) is 0 Å². The van der Waals surface area contributed by atoms with Gasteiger partial charge in [-0.05, 0) is 46.0 Å². The number of carbonyl (C=O) groups is 4. The van der Waals surface area contributed by atoms with Gasteiger partial charge in [0.25, 0.3) is 16.0 Å². The minimum absolute atomic E-state index is 0.120. The van der Waals surface area contributed by atoms with Crippen LogP contribution in [0.25, 0.3) is 5.76 Å². The van der Waals surface area contributed by atoms with Crippen molar-refractivity contribution in [2.45, 2.75) is 49.7 Å². The van der Waals surface area contributed by atoms with Crippen molar-refractivity contribution in [1.82, 2.24) is 15.5 Å². The number of aliphatic carboxylic acids is 1. The van der Waals surface area contributed by atoms with Gasteiger partial charge in [-0.1, -0.05) is 12.1 Å². The fourth-order valence-electron chi connectivity index (χ4n) is 6.28. The molecule has 4 rings (SSSR count). The van der Waals surface area contributed by atoms with Crippen molar-refractivity contribution in [3.05, 3.63) is 46.2 Å². The van der Waals surface area contributed by atoms with Crippen LogP contribution in [0, 0.1) is 11.8 Å². The van der Waals surface area contributed by atoms with Gasteiger partial charge in [0.2, 0.25) is 5.78 Å². The average molecular weight is 672 g/mol. The first-order chi connectivity index (χ1) is 21.0. The van der Waals surface area contributed by atoms with E-state index in [4.69, 9.17) is 4.55 Å². The van der Waals surface area contributed by atoms with Crippen molar-refractivity contribution in [1.29, 1.82) is 0 Å². The molecular formula is C28H37N3O14S. The molecule has 0 bridgehead atoms. The van der Waals surface area contributed by atoms with E-state index < -0.39 is 110 Å². The summed E-state index contributed by atoms with van der Waals surface area (Å²) in [7, 11) is -0.746. The van der Waals surface area contributed by atoms with Crippen LogP contribution in [-0.4, -0.2) is 128 Å². The van der Waals surface area contributed by atoms with Crippen molar-refractivity contribution in [3.63, 3.8) is 0 Å². The maximum absolute atomic E-state index is 14.0. The molecule has 0 saturated heterocycles. The Kier molecular flexibility index (Phi) is 10.1. The number of carboxylic acids is 1. The number of rotatable bonds is 7. The second-order valence-corrected chi connectivity index (χ2v) is 13.2. The van der Waals surface area contributed by atoms with Crippen molar-refractivity contribution in [2.75, 3.05) is 27.0 Å². The number of nitrogens with one attached hydrogen (secondary N) is 2. The number of aliphatic hydroxyl groups excluding tert-OH is 3. The van der Waals surface area contributed by atoms with Gasteiger partial charge in [-0.2, -0.15) is 8.42 Å². The van der Waals surface area contributed by atoms with Gasteiger partial charge in [0.05, 0.1) is 36.2 Å². The van der Waals surface area contributed by atoms with E-state index in [-0.39, 0.29) is 17.5 Å². The second kappa shape index (κ2) is 12.7. The Hall–Kier alpha value is -3.91. The number of carbonyl (C=O) groups excluding carboxylic acids is 3. The molecule has 46 heavy (non-hydrogen) atoms. The lowest BCUT2D eigenvalue weighted by Crippen LogP contribution is -2.67. The zero-order valence-corrected chi connectivity index (χ0v) is 26.2. The summed E-state index contributed by atoms with van der Waals surface area (Å²) >= 11 is 0. The van der Waals surface area contributed by atoms with E-state index in [2.05, 4.69) is 10.6 Å². The van der Waals surface area contributed by atoms with Crippen LogP contribution < -0.4 is 10.6 Å². The minimum Gasteiger partial charge on any atom is -0.508 e. The van der Waals surface area contributed by atoms with E-state index >= 15 is 0 Å². The second-order valence-electron chi connectivity index (χ2n) is 11.8. The number of Topliss-reactive ketones (excluding diaryl/α,β-unsaturated/α-hetero) is 2. The van der Waals surface area contributed by atoms with Crippen LogP contribution in [0.5, 0.6) is 5.75 Å². The molecule has 1 aromatic rings. The lowest BCUT2D eigenvalue weighted by Gasteiger charge is -2.53. The molecule has 1 amide bonds. The molecule has 0 radical (unpaired) electrons. The summed E-state index contributed by atoms with van der Waals surface area (Å²) in [5.74, 6) is -9.81. The van der Waals surface area contributed by atoms with Crippen LogP contribution in [0.4, 0.5) is 0 Å². The van der Waals surface area contributed by atoms with Crippen molar-refractivity contribution in [3.8, 4) is 5.75 Å². The first-order valence-electron chi connectivity index (χ1n) is 13.7. The molecule has 17 nitrogen and oxygen atoms in total. The number of hydrogen-bond donors (Lipinski definition) is 10. The number of fused-ring (bicyclic) bond motifs is 3. The van der Waals surface area contributed by atoms with E-state index in [1.807, 2.05) is 0 Å².